The third-order valence-electron chi connectivity index (χ3n) is 4.56. The molecule has 0 radical (unpaired) electrons. The number of rotatable bonds is 2. The Balaban J connectivity index is 1.84. The summed E-state index contributed by atoms with van der Waals surface area (Å²) < 4.78 is 7.47. The van der Waals surface area contributed by atoms with E-state index in [-0.39, 0.29) is 24.0 Å². The number of imidazole rings is 1. The van der Waals surface area contributed by atoms with Crippen LogP contribution in [0.1, 0.15) is 19.1 Å². The molecule has 4 atom stereocenters. The molecule has 0 spiro atoms. The van der Waals surface area contributed by atoms with Gasteiger partial charge in [-0.1, -0.05) is 0 Å². The SMILES string of the molecule is Nc1nc2c(ncn2[C@@H]2O[C@@]3(CO)CC[C@@H]2C3O)c(=O)[nH]1. The van der Waals surface area contributed by atoms with Crippen molar-refractivity contribution in [2.45, 2.75) is 30.8 Å². The molecule has 1 aliphatic heterocycles. The van der Waals surface area contributed by atoms with Crippen LogP contribution in [0.25, 0.3) is 11.2 Å². The molecule has 2 aliphatic rings. The van der Waals surface area contributed by atoms with Crippen molar-refractivity contribution in [3.63, 3.8) is 0 Å². The Morgan fingerprint density at radius 3 is 3.14 bits per heavy atom. The van der Waals surface area contributed by atoms with Crippen LogP contribution in [0.3, 0.4) is 0 Å². The molecule has 9 heteroatoms. The smallest absolute Gasteiger partial charge is 0.280 e. The molecule has 0 aromatic carbocycles. The summed E-state index contributed by atoms with van der Waals surface area (Å²) in [5, 5.41) is 19.8. The Labute approximate surface area is 118 Å². The van der Waals surface area contributed by atoms with E-state index in [0.717, 1.165) is 6.42 Å². The number of aliphatic hydroxyl groups is 2. The summed E-state index contributed by atoms with van der Waals surface area (Å²) in [5.41, 5.74) is 4.70. The summed E-state index contributed by atoms with van der Waals surface area (Å²) in [6, 6.07) is 0. The molecule has 112 valence electrons. The predicted molar refractivity (Wildman–Crippen MR) is 71.2 cm³/mol. The molecule has 1 saturated carbocycles. The lowest BCUT2D eigenvalue weighted by atomic mass is 10.0. The summed E-state index contributed by atoms with van der Waals surface area (Å²) >= 11 is 0. The molecule has 21 heavy (non-hydrogen) atoms. The molecular weight excluding hydrogens is 278 g/mol. The van der Waals surface area contributed by atoms with Crippen LogP contribution < -0.4 is 11.3 Å². The maximum Gasteiger partial charge on any atom is 0.280 e. The molecule has 1 unspecified atom stereocenters. The Morgan fingerprint density at radius 1 is 1.62 bits per heavy atom. The number of nitrogens with one attached hydrogen (secondary N) is 1. The number of ether oxygens (including phenoxy) is 1. The highest BCUT2D eigenvalue weighted by Crippen LogP contribution is 2.52. The number of nitrogens with two attached hydrogens (primary N) is 1. The average Bonchev–Trinajstić information content (AvgIpc) is 3.09. The van der Waals surface area contributed by atoms with Gasteiger partial charge in [0.1, 0.15) is 11.8 Å². The lowest BCUT2D eigenvalue weighted by molar-refractivity contribution is -0.138. The summed E-state index contributed by atoms with van der Waals surface area (Å²) in [4.78, 5) is 22.3. The molecule has 1 aliphatic carbocycles. The number of aliphatic hydroxyl groups excluding tert-OH is 2. The first kappa shape index (κ1) is 12.7. The van der Waals surface area contributed by atoms with Gasteiger partial charge in [-0.25, -0.2) is 4.98 Å². The van der Waals surface area contributed by atoms with Gasteiger partial charge in [0, 0.05) is 5.92 Å². The van der Waals surface area contributed by atoms with Gasteiger partial charge in [-0.05, 0) is 12.8 Å². The normalized spacial score (nSPS) is 34.9. The Kier molecular flexibility index (Phi) is 2.44. The molecule has 3 heterocycles. The lowest BCUT2D eigenvalue weighted by Gasteiger charge is -2.29. The van der Waals surface area contributed by atoms with Crippen LogP contribution in [-0.2, 0) is 4.74 Å². The number of nitrogens with zero attached hydrogens (tertiary/aromatic N) is 3. The van der Waals surface area contributed by atoms with Crippen molar-refractivity contribution in [1.29, 1.82) is 0 Å². The molecule has 4 rings (SSSR count). The van der Waals surface area contributed by atoms with Crippen LogP contribution in [0.4, 0.5) is 5.95 Å². The second kappa shape index (κ2) is 4.03. The highest BCUT2D eigenvalue weighted by atomic mass is 16.6. The van der Waals surface area contributed by atoms with Gasteiger partial charge in [0.15, 0.2) is 11.2 Å². The van der Waals surface area contributed by atoms with E-state index < -0.39 is 23.5 Å². The van der Waals surface area contributed by atoms with Gasteiger partial charge in [-0.15, -0.1) is 0 Å². The minimum absolute atomic E-state index is 0.00479. The second-order valence-electron chi connectivity index (χ2n) is 5.65. The fourth-order valence-corrected chi connectivity index (χ4v) is 3.46. The van der Waals surface area contributed by atoms with Crippen molar-refractivity contribution in [3.05, 3.63) is 16.7 Å². The predicted octanol–water partition coefficient (Wildman–Crippen LogP) is -1.27. The van der Waals surface area contributed by atoms with Gasteiger partial charge in [-0.3, -0.25) is 14.3 Å². The van der Waals surface area contributed by atoms with Crippen LogP contribution in [0.2, 0.25) is 0 Å². The molecule has 2 aromatic rings. The Hall–Kier alpha value is -1.97. The third-order valence-corrected chi connectivity index (χ3v) is 4.56. The standard InChI is InChI=1S/C12H15N5O4/c13-11-15-8-6(9(20)16-11)14-4-17(8)10-5-1-2-12(3-18,21-10)7(5)19/h4-5,7,10,18-19H,1-3H2,(H3,13,15,16,20)/t5-,7?,10-,12-/m1/s1. The van der Waals surface area contributed by atoms with Gasteiger partial charge < -0.3 is 20.7 Å². The number of H-pyrrole nitrogens is 1. The van der Waals surface area contributed by atoms with Gasteiger partial charge in [0.2, 0.25) is 5.95 Å². The third kappa shape index (κ3) is 1.53. The number of aromatic nitrogens is 4. The summed E-state index contributed by atoms with van der Waals surface area (Å²) in [6.07, 6.45) is 1.53. The van der Waals surface area contributed by atoms with E-state index in [9.17, 15) is 15.0 Å². The van der Waals surface area contributed by atoms with Crippen molar-refractivity contribution < 1.29 is 14.9 Å². The largest absolute Gasteiger partial charge is 0.393 e. The Bertz CT molecular complexity index is 771. The molecule has 2 fully saturated rings. The van der Waals surface area contributed by atoms with E-state index in [4.69, 9.17) is 10.5 Å². The molecule has 1 saturated heterocycles. The molecule has 2 aromatic heterocycles. The average molecular weight is 293 g/mol. The van der Waals surface area contributed by atoms with Gasteiger partial charge in [-0.2, -0.15) is 4.98 Å². The second-order valence-corrected chi connectivity index (χ2v) is 5.65. The maximum atomic E-state index is 11.8. The molecule has 2 bridgehead atoms. The highest BCUT2D eigenvalue weighted by molar-refractivity contribution is 5.70. The first-order chi connectivity index (χ1) is 10.1. The van der Waals surface area contributed by atoms with Crippen molar-refractivity contribution in [1.82, 2.24) is 19.5 Å². The van der Waals surface area contributed by atoms with E-state index in [1.54, 1.807) is 4.57 Å². The van der Waals surface area contributed by atoms with Gasteiger partial charge in [0.25, 0.3) is 5.56 Å². The summed E-state index contributed by atoms with van der Waals surface area (Å²) in [6.45, 7) is -0.246. The fourth-order valence-electron chi connectivity index (χ4n) is 3.46. The van der Waals surface area contributed by atoms with Gasteiger partial charge in [0.05, 0.1) is 19.0 Å². The number of fused-ring (bicyclic) bond motifs is 3. The first-order valence-electron chi connectivity index (χ1n) is 6.75. The highest BCUT2D eigenvalue weighted by Gasteiger charge is 2.60. The quantitative estimate of drug-likeness (QED) is 0.541. The van der Waals surface area contributed by atoms with Gasteiger partial charge >= 0.3 is 0 Å². The zero-order valence-electron chi connectivity index (χ0n) is 11.1. The summed E-state index contributed by atoms with van der Waals surface area (Å²) in [7, 11) is 0. The van der Waals surface area contributed by atoms with Crippen LogP contribution in [0.5, 0.6) is 0 Å². The van der Waals surface area contributed by atoms with Crippen molar-refractivity contribution >= 4 is 17.1 Å². The van der Waals surface area contributed by atoms with Crippen LogP contribution in [0, 0.1) is 5.92 Å². The van der Waals surface area contributed by atoms with Crippen LogP contribution >= 0.6 is 0 Å². The zero-order chi connectivity index (χ0) is 14.8. The number of anilines is 1. The summed E-state index contributed by atoms with van der Waals surface area (Å²) in [5.74, 6) is -0.174. The van der Waals surface area contributed by atoms with E-state index in [1.165, 1.54) is 6.33 Å². The molecule has 9 nitrogen and oxygen atoms in total. The zero-order valence-corrected chi connectivity index (χ0v) is 11.1. The van der Waals surface area contributed by atoms with Crippen LogP contribution in [0.15, 0.2) is 11.1 Å². The van der Waals surface area contributed by atoms with Crippen molar-refractivity contribution in [3.8, 4) is 0 Å². The van der Waals surface area contributed by atoms with E-state index in [0.29, 0.717) is 12.1 Å². The monoisotopic (exact) mass is 293 g/mol. The van der Waals surface area contributed by atoms with E-state index >= 15 is 0 Å². The number of aromatic amines is 1. The Morgan fingerprint density at radius 2 is 2.43 bits per heavy atom. The molecule has 5 N–H and O–H groups in total. The van der Waals surface area contributed by atoms with Crippen molar-refractivity contribution in [2.24, 2.45) is 5.92 Å². The maximum absolute atomic E-state index is 11.8. The van der Waals surface area contributed by atoms with E-state index in [2.05, 4.69) is 15.0 Å². The van der Waals surface area contributed by atoms with Crippen LogP contribution in [-0.4, -0.2) is 48.0 Å². The number of hydrogen-bond acceptors (Lipinski definition) is 7. The molecule has 0 amide bonds. The first-order valence-corrected chi connectivity index (χ1v) is 6.75. The van der Waals surface area contributed by atoms with E-state index in [1.807, 2.05) is 0 Å². The minimum atomic E-state index is -0.932. The topological polar surface area (TPSA) is 139 Å². The number of nitrogen functional groups attached to an aromatic ring is 1. The fraction of sp³-hybridized carbons (Fsp3) is 0.583. The number of hydrogen-bond donors (Lipinski definition) is 4. The molecular formula is C12H15N5O4. The van der Waals surface area contributed by atoms with Crippen molar-refractivity contribution in [2.75, 3.05) is 12.3 Å². The minimum Gasteiger partial charge on any atom is -0.393 e. The lowest BCUT2D eigenvalue weighted by Crippen LogP contribution is -2.40.